The van der Waals surface area contributed by atoms with E-state index in [0.717, 1.165) is 21.5 Å². The van der Waals surface area contributed by atoms with Crippen LogP contribution in [0, 0.1) is 0 Å². The fourth-order valence-electron chi connectivity index (χ4n) is 2.66. The van der Waals surface area contributed by atoms with Crippen molar-refractivity contribution < 1.29 is 14.3 Å². The molecule has 0 spiro atoms. The third-order valence-electron chi connectivity index (χ3n) is 3.91. The second-order valence-corrected chi connectivity index (χ2v) is 6.79. The van der Waals surface area contributed by atoms with Gasteiger partial charge >= 0.3 is 0 Å². The maximum atomic E-state index is 12.3. The molecule has 0 atom stereocenters. The largest absolute Gasteiger partial charge is 0.494 e. The molecule has 2 aromatic carbocycles. The molecule has 0 fully saturated rings. The van der Waals surface area contributed by atoms with Crippen molar-refractivity contribution in [2.75, 3.05) is 20.3 Å². The van der Waals surface area contributed by atoms with Crippen molar-refractivity contribution in [1.29, 1.82) is 0 Å². The van der Waals surface area contributed by atoms with Crippen molar-refractivity contribution in [3.05, 3.63) is 65.0 Å². The number of methoxy groups -OCH3 is 1. The van der Waals surface area contributed by atoms with E-state index in [9.17, 15) is 4.79 Å². The maximum absolute atomic E-state index is 12.3. The number of hydrogen-bond acceptors (Lipinski definition) is 4. The molecule has 0 aliphatic heterocycles. The van der Waals surface area contributed by atoms with Gasteiger partial charge in [0.15, 0.2) is 4.80 Å². The van der Waals surface area contributed by atoms with Gasteiger partial charge in [0.25, 0.3) is 5.91 Å². The molecule has 0 radical (unpaired) electrons. The first-order valence-corrected chi connectivity index (χ1v) is 9.60. The zero-order chi connectivity index (χ0) is 19.1. The topological polar surface area (TPSA) is 52.8 Å². The molecule has 27 heavy (non-hydrogen) atoms. The smallest absolute Gasteiger partial charge is 0.272 e. The summed E-state index contributed by atoms with van der Waals surface area (Å²) in [4.78, 5) is 17.3. The quantitative estimate of drug-likeness (QED) is 0.583. The Morgan fingerprint density at radius 3 is 2.78 bits per heavy atom. The minimum atomic E-state index is -0.290. The summed E-state index contributed by atoms with van der Waals surface area (Å²) < 4.78 is 13.8. The normalized spacial score (nSPS) is 12.1. The highest BCUT2D eigenvalue weighted by Crippen LogP contribution is 2.23. The van der Waals surface area contributed by atoms with Crippen molar-refractivity contribution in [2.24, 2.45) is 4.99 Å². The van der Waals surface area contributed by atoms with E-state index in [2.05, 4.69) is 4.99 Å². The van der Waals surface area contributed by atoms with E-state index in [-0.39, 0.29) is 5.91 Å². The van der Waals surface area contributed by atoms with E-state index in [1.54, 1.807) is 13.2 Å². The van der Waals surface area contributed by atoms with Gasteiger partial charge < -0.3 is 14.0 Å². The van der Waals surface area contributed by atoms with Gasteiger partial charge in [0, 0.05) is 19.7 Å². The van der Waals surface area contributed by atoms with Gasteiger partial charge in [0.1, 0.15) is 5.75 Å². The summed E-state index contributed by atoms with van der Waals surface area (Å²) in [7, 11) is 1.66. The standard InChI is InChI=1S/C21H22N2O3S/c1-3-26-17-10-11-18-19(15-17)27-21(23(18)13-14-25-2)22-20(24)12-9-16-7-5-4-6-8-16/h4-12,15H,3,13-14H2,1-2H3. The summed E-state index contributed by atoms with van der Waals surface area (Å²) in [5.74, 6) is 0.522. The van der Waals surface area contributed by atoms with Gasteiger partial charge in [0.05, 0.1) is 23.4 Å². The van der Waals surface area contributed by atoms with Crippen molar-refractivity contribution >= 4 is 33.5 Å². The minimum absolute atomic E-state index is 0.290. The van der Waals surface area contributed by atoms with Crippen molar-refractivity contribution in [3.8, 4) is 5.75 Å². The first kappa shape index (κ1) is 19.1. The zero-order valence-corrected chi connectivity index (χ0v) is 16.2. The summed E-state index contributed by atoms with van der Waals surface area (Å²) in [6.45, 7) is 3.73. The summed E-state index contributed by atoms with van der Waals surface area (Å²) in [5, 5.41) is 0. The van der Waals surface area contributed by atoms with Gasteiger partial charge in [-0.1, -0.05) is 41.7 Å². The van der Waals surface area contributed by atoms with Crippen LogP contribution in [0.5, 0.6) is 5.75 Å². The third kappa shape index (κ3) is 4.93. The van der Waals surface area contributed by atoms with Gasteiger partial charge in [0.2, 0.25) is 0 Å². The predicted octanol–water partition coefficient (Wildman–Crippen LogP) is 3.89. The van der Waals surface area contributed by atoms with E-state index in [0.29, 0.717) is 24.6 Å². The van der Waals surface area contributed by atoms with Gasteiger partial charge in [-0.05, 0) is 36.8 Å². The minimum Gasteiger partial charge on any atom is -0.494 e. The molecule has 0 saturated heterocycles. The van der Waals surface area contributed by atoms with E-state index < -0.39 is 0 Å². The predicted molar refractivity (Wildman–Crippen MR) is 109 cm³/mol. The Morgan fingerprint density at radius 2 is 2.04 bits per heavy atom. The summed E-state index contributed by atoms with van der Waals surface area (Å²) in [5.41, 5.74) is 1.98. The van der Waals surface area contributed by atoms with Crippen molar-refractivity contribution in [2.45, 2.75) is 13.5 Å². The molecule has 0 unspecified atom stereocenters. The lowest BCUT2D eigenvalue weighted by Crippen LogP contribution is -2.18. The number of benzene rings is 2. The Kier molecular flexibility index (Phi) is 6.57. The molecule has 1 heterocycles. The number of aromatic nitrogens is 1. The molecule has 1 amide bonds. The maximum Gasteiger partial charge on any atom is 0.272 e. The van der Waals surface area contributed by atoms with Crippen molar-refractivity contribution in [1.82, 2.24) is 4.57 Å². The first-order chi connectivity index (χ1) is 13.2. The molecule has 0 aliphatic rings. The number of carbonyl (C=O) groups excluding carboxylic acids is 1. The number of thiazole rings is 1. The Bertz CT molecular complexity index is 1000. The first-order valence-electron chi connectivity index (χ1n) is 8.78. The third-order valence-corrected chi connectivity index (χ3v) is 4.95. The Hall–Kier alpha value is -2.70. The highest BCUT2D eigenvalue weighted by molar-refractivity contribution is 7.16. The fraction of sp³-hybridized carbons (Fsp3) is 0.238. The highest BCUT2D eigenvalue weighted by Gasteiger charge is 2.08. The van der Waals surface area contributed by atoms with Crippen LogP contribution in [0.3, 0.4) is 0 Å². The van der Waals surface area contributed by atoms with E-state index in [4.69, 9.17) is 9.47 Å². The van der Waals surface area contributed by atoms with Gasteiger partial charge in [-0.15, -0.1) is 0 Å². The molecule has 3 rings (SSSR count). The van der Waals surface area contributed by atoms with Crippen LogP contribution in [0.2, 0.25) is 0 Å². The molecule has 0 N–H and O–H groups in total. The lowest BCUT2D eigenvalue weighted by molar-refractivity contribution is -0.113. The molecule has 6 heteroatoms. The lowest BCUT2D eigenvalue weighted by atomic mass is 10.2. The van der Waals surface area contributed by atoms with Gasteiger partial charge in [-0.2, -0.15) is 4.99 Å². The van der Waals surface area contributed by atoms with Crippen molar-refractivity contribution in [3.63, 3.8) is 0 Å². The van der Waals surface area contributed by atoms with Crippen LogP contribution >= 0.6 is 11.3 Å². The van der Waals surface area contributed by atoms with Crippen LogP contribution in [-0.4, -0.2) is 30.8 Å². The number of ether oxygens (including phenoxy) is 2. The van der Waals surface area contributed by atoms with Crippen LogP contribution in [-0.2, 0) is 16.1 Å². The van der Waals surface area contributed by atoms with E-state index >= 15 is 0 Å². The molecule has 1 aromatic heterocycles. The van der Waals surface area contributed by atoms with Crippen LogP contribution in [0.15, 0.2) is 59.6 Å². The van der Waals surface area contributed by atoms with Crippen LogP contribution < -0.4 is 9.54 Å². The Morgan fingerprint density at radius 1 is 1.22 bits per heavy atom. The van der Waals surface area contributed by atoms with Gasteiger partial charge in [-0.3, -0.25) is 4.79 Å². The summed E-state index contributed by atoms with van der Waals surface area (Å²) in [6, 6.07) is 15.6. The molecule has 140 valence electrons. The molecular weight excluding hydrogens is 360 g/mol. The monoisotopic (exact) mass is 382 g/mol. The van der Waals surface area contributed by atoms with Crippen LogP contribution in [0.4, 0.5) is 0 Å². The number of rotatable bonds is 7. The molecule has 5 nitrogen and oxygen atoms in total. The second-order valence-electron chi connectivity index (χ2n) is 5.79. The Labute approximate surface area is 162 Å². The summed E-state index contributed by atoms with van der Waals surface area (Å²) in [6.07, 6.45) is 3.26. The van der Waals surface area contributed by atoms with Gasteiger partial charge in [-0.25, -0.2) is 0 Å². The molecule has 0 saturated carbocycles. The fourth-order valence-corrected chi connectivity index (χ4v) is 3.75. The average molecular weight is 382 g/mol. The van der Waals surface area contributed by atoms with Crippen LogP contribution in [0.25, 0.3) is 16.3 Å². The average Bonchev–Trinajstić information content (AvgIpc) is 3.02. The number of nitrogens with zero attached hydrogens (tertiary/aromatic N) is 2. The highest BCUT2D eigenvalue weighted by atomic mass is 32.1. The van der Waals surface area contributed by atoms with E-state index in [1.165, 1.54) is 17.4 Å². The molecular formula is C21H22N2O3S. The Balaban J connectivity index is 1.96. The molecule has 0 bridgehead atoms. The number of fused-ring (bicyclic) bond motifs is 1. The second kappa shape index (κ2) is 9.30. The number of amides is 1. The lowest BCUT2D eigenvalue weighted by Gasteiger charge is -2.05. The summed E-state index contributed by atoms with van der Waals surface area (Å²) >= 11 is 1.47. The molecule has 3 aromatic rings. The van der Waals surface area contributed by atoms with Crippen LogP contribution in [0.1, 0.15) is 12.5 Å². The molecule has 0 aliphatic carbocycles. The number of carbonyl (C=O) groups is 1. The zero-order valence-electron chi connectivity index (χ0n) is 15.4. The van der Waals surface area contributed by atoms with E-state index in [1.807, 2.05) is 60.0 Å². The SMILES string of the molecule is CCOc1ccc2c(c1)sc(=NC(=O)C=Cc1ccccc1)n2CCOC. The number of hydrogen-bond donors (Lipinski definition) is 0.